The van der Waals surface area contributed by atoms with Gasteiger partial charge in [0.2, 0.25) is 0 Å². The number of ether oxygens (including phenoxy) is 3. The second-order valence-corrected chi connectivity index (χ2v) is 7.78. The van der Waals surface area contributed by atoms with Gasteiger partial charge in [-0.25, -0.2) is 0 Å². The molecule has 2 aliphatic heterocycles. The summed E-state index contributed by atoms with van der Waals surface area (Å²) in [6, 6.07) is 14.0. The summed E-state index contributed by atoms with van der Waals surface area (Å²) >= 11 is 0. The van der Waals surface area contributed by atoms with Crippen LogP contribution in [-0.4, -0.2) is 25.7 Å². The summed E-state index contributed by atoms with van der Waals surface area (Å²) in [4.78, 5) is 15.2. The predicted molar refractivity (Wildman–Crippen MR) is 112 cm³/mol. The Morgan fingerprint density at radius 3 is 2.55 bits per heavy atom. The molecule has 0 unspecified atom stereocenters. The fraction of sp³-hybridized carbons (Fsp3) is 0.458. The van der Waals surface area contributed by atoms with Gasteiger partial charge >= 0.3 is 0 Å². The predicted octanol–water partition coefficient (Wildman–Crippen LogP) is 4.70. The number of carbonyl (C=O) groups is 1. The first kappa shape index (κ1) is 19.9. The topological polar surface area (TPSA) is 48.0 Å². The molecular formula is C24H29NO4. The van der Waals surface area contributed by atoms with E-state index in [9.17, 15) is 4.79 Å². The SMILES string of the molecule is CCCCCOc1ccc(CN2C(=O)C3(OCCCO3)c3cc(C)ccc32)cc1. The van der Waals surface area contributed by atoms with Crippen molar-refractivity contribution in [2.24, 2.45) is 0 Å². The molecular weight excluding hydrogens is 366 g/mol. The van der Waals surface area contributed by atoms with Gasteiger partial charge in [0.15, 0.2) is 0 Å². The normalized spacial score (nSPS) is 17.6. The summed E-state index contributed by atoms with van der Waals surface area (Å²) in [5.41, 5.74) is 3.80. The molecule has 0 aliphatic carbocycles. The van der Waals surface area contributed by atoms with Crippen molar-refractivity contribution in [3.8, 4) is 5.75 Å². The minimum absolute atomic E-state index is 0.141. The van der Waals surface area contributed by atoms with Gasteiger partial charge in [0.05, 0.1) is 32.1 Å². The number of rotatable bonds is 7. The molecule has 2 aromatic carbocycles. The lowest BCUT2D eigenvalue weighted by Gasteiger charge is -2.32. The van der Waals surface area contributed by atoms with Crippen LogP contribution in [0.5, 0.6) is 5.75 Å². The number of unbranched alkanes of at least 4 members (excludes halogenated alkanes) is 2. The van der Waals surface area contributed by atoms with Crippen LogP contribution < -0.4 is 9.64 Å². The van der Waals surface area contributed by atoms with Crippen molar-refractivity contribution in [1.82, 2.24) is 0 Å². The first-order chi connectivity index (χ1) is 14.1. The van der Waals surface area contributed by atoms with Gasteiger partial charge in [-0.3, -0.25) is 4.79 Å². The monoisotopic (exact) mass is 395 g/mol. The number of aryl methyl sites for hydroxylation is 1. The molecule has 0 aromatic heterocycles. The molecule has 29 heavy (non-hydrogen) atoms. The summed E-state index contributed by atoms with van der Waals surface area (Å²) < 4.78 is 17.7. The summed E-state index contributed by atoms with van der Waals surface area (Å²) in [5.74, 6) is -0.566. The van der Waals surface area contributed by atoms with Crippen LogP contribution in [0.4, 0.5) is 5.69 Å². The quantitative estimate of drug-likeness (QED) is 0.638. The van der Waals surface area contributed by atoms with Crippen LogP contribution in [0.3, 0.4) is 0 Å². The Hall–Kier alpha value is -2.37. The molecule has 154 valence electrons. The first-order valence-corrected chi connectivity index (χ1v) is 10.6. The lowest BCUT2D eigenvalue weighted by Crippen LogP contribution is -2.47. The zero-order valence-electron chi connectivity index (χ0n) is 17.3. The average Bonchev–Trinajstić information content (AvgIpc) is 2.95. The summed E-state index contributed by atoms with van der Waals surface area (Å²) in [6.07, 6.45) is 4.23. The van der Waals surface area contributed by atoms with E-state index < -0.39 is 5.79 Å². The van der Waals surface area contributed by atoms with Crippen LogP contribution in [0.15, 0.2) is 42.5 Å². The van der Waals surface area contributed by atoms with Gasteiger partial charge in [-0.2, -0.15) is 0 Å². The lowest BCUT2D eigenvalue weighted by molar-refractivity contribution is -0.256. The molecule has 5 nitrogen and oxygen atoms in total. The van der Waals surface area contributed by atoms with Gasteiger partial charge in [0.1, 0.15) is 5.75 Å². The number of carbonyl (C=O) groups excluding carboxylic acids is 1. The van der Waals surface area contributed by atoms with Crippen molar-refractivity contribution >= 4 is 11.6 Å². The molecule has 4 rings (SSSR count). The zero-order valence-corrected chi connectivity index (χ0v) is 17.3. The van der Waals surface area contributed by atoms with Gasteiger partial charge in [-0.05, 0) is 49.6 Å². The van der Waals surface area contributed by atoms with Gasteiger partial charge in [0, 0.05) is 5.56 Å². The number of benzene rings is 2. The van der Waals surface area contributed by atoms with Gasteiger partial charge < -0.3 is 19.1 Å². The first-order valence-electron chi connectivity index (χ1n) is 10.6. The van der Waals surface area contributed by atoms with Crippen LogP contribution in [0.2, 0.25) is 0 Å². The summed E-state index contributed by atoms with van der Waals surface area (Å²) in [5, 5.41) is 0. The summed E-state index contributed by atoms with van der Waals surface area (Å²) in [7, 11) is 0. The highest BCUT2D eigenvalue weighted by molar-refractivity contribution is 6.06. The van der Waals surface area contributed by atoms with Crippen LogP contribution in [0.25, 0.3) is 0 Å². The number of fused-ring (bicyclic) bond motifs is 2. The van der Waals surface area contributed by atoms with E-state index in [0.29, 0.717) is 19.8 Å². The zero-order chi connectivity index (χ0) is 20.3. The number of hydrogen-bond donors (Lipinski definition) is 0. The molecule has 1 fully saturated rings. The maximum Gasteiger partial charge on any atom is 0.292 e. The highest BCUT2D eigenvalue weighted by atomic mass is 16.7. The van der Waals surface area contributed by atoms with E-state index in [0.717, 1.165) is 47.6 Å². The third kappa shape index (κ3) is 3.89. The molecule has 2 aromatic rings. The molecule has 0 bridgehead atoms. The highest BCUT2D eigenvalue weighted by Crippen LogP contribution is 2.46. The van der Waals surface area contributed by atoms with Gasteiger partial charge in [-0.15, -0.1) is 0 Å². The minimum atomic E-state index is -1.29. The van der Waals surface area contributed by atoms with Gasteiger partial charge in [0.25, 0.3) is 11.7 Å². The van der Waals surface area contributed by atoms with E-state index in [1.807, 2.05) is 49.4 Å². The standard InChI is InChI=1S/C24H29NO4/c1-3-4-5-13-27-20-10-8-19(9-11-20)17-25-22-12-7-18(2)16-21(22)24(23(25)26)28-14-6-15-29-24/h7-12,16H,3-6,13-15,17H2,1-2H3. The van der Waals surface area contributed by atoms with Gasteiger partial charge in [-0.1, -0.05) is 43.5 Å². The van der Waals surface area contributed by atoms with E-state index in [2.05, 4.69) is 6.92 Å². The second kappa shape index (κ2) is 8.56. The molecule has 5 heteroatoms. The Balaban J connectivity index is 1.52. The van der Waals surface area contributed by atoms with Crippen LogP contribution in [0, 0.1) is 6.92 Å². The number of anilines is 1. The fourth-order valence-corrected chi connectivity index (χ4v) is 3.94. The van der Waals surface area contributed by atoms with E-state index in [1.165, 1.54) is 12.8 Å². The van der Waals surface area contributed by atoms with Crippen molar-refractivity contribution in [3.05, 3.63) is 59.2 Å². The Morgan fingerprint density at radius 1 is 1.07 bits per heavy atom. The molecule has 2 heterocycles. The van der Waals surface area contributed by atoms with E-state index >= 15 is 0 Å². The van der Waals surface area contributed by atoms with E-state index in [-0.39, 0.29) is 5.91 Å². The number of hydrogen-bond acceptors (Lipinski definition) is 4. The average molecular weight is 395 g/mol. The maximum atomic E-state index is 13.4. The Morgan fingerprint density at radius 2 is 1.83 bits per heavy atom. The third-order valence-corrected chi connectivity index (χ3v) is 5.50. The van der Waals surface area contributed by atoms with Crippen molar-refractivity contribution in [3.63, 3.8) is 0 Å². The molecule has 0 saturated carbocycles. The molecule has 1 saturated heterocycles. The molecule has 2 aliphatic rings. The number of amides is 1. The number of nitrogens with zero attached hydrogens (tertiary/aromatic N) is 1. The molecule has 1 amide bonds. The lowest BCUT2D eigenvalue weighted by atomic mass is 10.0. The molecule has 0 radical (unpaired) electrons. The fourth-order valence-electron chi connectivity index (χ4n) is 3.94. The highest BCUT2D eigenvalue weighted by Gasteiger charge is 2.54. The van der Waals surface area contributed by atoms with Crippen LogP contribution in [-0.2, 0) is 26.6 Å². The van der Waals surface area contributed by atoms with Crippen LogP contribution in [0.1, 0.15) is 49.3 Å². The van der Waals surface area contributed by atoms with Crippen LogP contribution >= 0.6 is 0 Å². The van der Waals surface area contributed by atoms with E-state index in [1.54, 1.807) is 4.90 Å². The summed E-state index contributed by atoms with van der Waals surface area (Å²) in [6.45, 7) is 6.46. The van der Waals surface area contributed by atoms with Crippen molar-refractivity contribution in [1.29, 1.82) is 0 Å². The van der Waals surface area contributed by atoms with Crippen molar-refractivity contribution in [2.45, 2.75) is 51.9 Å². The Labute approximate surface area is 172 Å². The smallest absolute Gasteiger partial charge is 0.292 e. The third-order valence-electron chi connectivity index (χ3n) is 5.50. The van der Waals surface area contributed by atoms with Crippen molar-refractivity contribution in [2.75, 3.05) is 24.7 Å². The molecule has 0 atom stereocenters. The van der Waals surface area contributed by atoms with E-state index in [4.69, 9.17) is 14.2 Å². The maximum absolute atomic E-state index is 13.4. The van der Waals surface area contributed by atoms with Crippen molar-refractivity contribution < 1.29 is 19.0 Å². The minimum Gasteiger partial charge on any atom is -0.494 e. The largest absolute Gasteiger partial charge is 0.494 e. The Kier molecular flexibility index (Phi) is 5.88. The molecule has 0 N–H and O–H groups in total. The second-order valence-electron chi connectivity index (χ2n) is 7.78. The Bertz CT molecular complexity index is 856. The molecule has 1 spiro atoms.